The molecule has 2 atom stereocenters. The first-order chi connectivity index (χ1) is 9.76. The highest BCUT2D eigenvalue weighted by Gasteiger charge is 2.27. The van der Waals surface area contributed by atoms with Crippen LogP contribution in [0.1, 0.15) is 37.0 Å². The van der Waals surface area contributed by atoms with Crippen molar-refractivity contribution >= 4 is 5.83 Å². The standard InChI is InChI=1S/C15H15F5O/c1-9-2-5-14(21-8-9)10-3-4-11(12(16)6-10)13(17)7-15(18,19)20/h3-4,6-7,9,14H,2,5,8H2,1H3/b13-7-. The summed E-state index contributed by atoms with van der Waals surface area (Å²) < 4.78 is 69.0. The second-order valence-electron chi connectivity index (χ2n) is 5.28. The average Bonchev–Trinajstić information content (AvgIpc) is 2.37. The third-order valence-electron chi connectivity index (χ3n) is 3.42. The Hall–Kier alpha value is -1.43. The summed E-state index contributed by atoms with van der Waals surface area (Å²) in [4.78, 5) is 0. The lowest BCUT2D eigenvalue weighted by molar-refractivity contribution is -0.0798. The maximum atomic E-state index is 13.8. The zero-order valence-electron chi connectivity index (χ0n) is 11.4. The van der Waals surface area contributed by atoms with Crippen molar-refractivity contribution in [1.29, 1.82) is 0 Å². The molecule has 0 N–H and O–H groups in total. The average molecular weight is 306 g/mol. The van der Waals surface area contributed by atoms with Crippen LogP contribution in [0.3, 0.4) is 0 Å². The molecular formula is C15H15F5O. The van der Waals surface area contributed by atoms with Crippen molar-refractivity contribution in [3.8, 4) is 0 Å². The lowest BCUT2D eigenvalue weighted by Crippen LogP contribution is -2.18. The van der Waals surface area contributed by atoms with Crippen LogP contribution in [0.15, 0.2) is 24.3 Å². The molecule has 0 bridgehead atoms. The van der Waals surface area contributed by atoms with Gasteiger partial charge in [-0.3, -0.25) is 0 Å². The summed E-state index contributed by atoms with van der Waals surface area (Å²) in [5, 5.41) is 0. The topological polar surface area (TPSA) is 9.23 Å². The lowest BCUT2D eigenvalue weighted by atomic mass is 9.95. The van der Waals surface area contributed by atoms with Crippen molar-refractivity contribution in [1.82, 2.24) is 0 Å². The predicted octanol–water partition coefficient (Wildman–Crippen LogP) is 5.19. The Labute approximate surface area is 119 Å². The van der Waals surface area contributed by atoms with Gasteiger partial charge in [0.15, 0.2) is 0 Å². The number of alkyl halides is 3. The summed E-state index contributed by atoms with van der Waals surface area (Å²) in [6.07, 6.45) is -4.03. The zero-order valence-corrected chi connectivity index (χ0v) is 11.4. The molecule has 116 valence electrons. The molecular weight excluding hydrogens is 291 g/mol. The third-order valence-corrected chi connectivity index (χ3v) is 3.42. The highest BCUT2D eigenvalue weighted by atomic mass is 19.4. The second-order valence-corrected chi connectivity index (χ2v) is 5.28. The number of allylic oxidation sites excluding steroid dienone is 1. The molecule has 0 saturated carbocycles. The Morgan fingerprint density at radius 3 is 2.52 bits per heavy atom. The minimum atomic E-state index is -4.82. The van der Waals surface area contributed by atoms with Crippen LogP contribution in [-0.4, -0.2) is 12.8 Å². The summed E-state index contributed by atoms with van der Waals surface area (Å²) in [6.45, 7) is 2.59. The van der Waals surface area contributed by atoms with Gasteiger partial charge >= 0.3 is 6.18 Å². The first-order valence-corrected chi connectivity index (χ1v) is 6.63. The van der Waals surface area contributed by atoms with E-state index in [1.54, 1.807) is 0 Å². The van der Waals surface area contributed by atoms with Crippen LogP contribution < -0.4 is 0 Å². The fourth-order valence-electron chi connectivity index (χ4n) is 2.29. The fraction of sp³-hybridized carbons (Fsp3) is 0.467. The van der Waals surface area contributed by atoms with Gasteiger partial charge in [-0.2, -0.15) is 13.2 Å². The fourth-order valence-corrected chi connectivity index (χ4v) is 2.29. The molecule has 0 spiro atoms. The second kappa shape index (κ2) is 6.13. The maximum Gasteiger partial charge on any atom is 0.412 e. The smallest absolute Gasteiger partial charge is 0.373 e. The molecule has 21 heavy (non-hydrogen) atoms. The van der Waals surface area contributed by atoms with Crippen LogP contribution in [0.25, 0.3) is 5.83 Å². The molecule has 1 fully saturated rings. The first-order valence-electron chi connectivity index (χ1n) is 6.63. The van der Waals surface area contributed by atoms with Crippen LogP contribution in [0, 0.1) is 11.7 Å². The van der Waals surface area contributed by atoms with Gasteiger partial charge in [-0.1, -0.05) is 13.0 Å². The predicted molar refractivity (Wildman–Crippen MR) is 68.6 cm³/mol. The van der Waals surface area contributed by atoms with E-state index in [1.165, 1.54) is 6.07 Å². The van der Waals surface area contributed by atoms with Crippen molar-refractivity contribution in [2.24, 2.45) is 5.92 Å². The van der Waals surface area contributed by atoms with Gasteiger partial charge in [-0.25, -0.2) is 8.78 Å². The lowest BCUT2D eigenvalue weighted by Gasteiger charge is -2.27. The Kier molecular flexibility index (Phi) is 4.66. The summed E-state index contributed by atoms with van der Waals surface area (Å²) >= 11 is 0. The van der Waals surface area contributed by atoms with E-state index in [0.29, 0.717) is 24.5 Å². The Bertz CT molecular complexity index is 527. The van der Waals surface area contributed by atoms with Gasteiger partial charge in [0.1, 0.15) is 11.6 Å². The van der Waals surface area contributed by atoms with Gasteiger partial charge in [-0.05, 0) is 36.5 Å². The Morgan fingerprint density at radius 2 is 2.00 bits per heavy atom. The molecule has 0 aliphatic carbocycles. The molecule has 0 aromatic heterocycles. The number of hydrogen-bond acceptors (Lipinski definition) is 1. The SMILES string of the molecule is CC1CCC(c2ccc(/C(F)=C/C(F)(F)F)c(F)c2)OC1. The molecule has 1 aliphatic heterocycles. The molecule has 6 heteroatoms. The van der Waals surface area contributed by atoms with Crippen LogP contribution >= 0.6 is 0 Å². The Balaban J connectivity index is 2.20. The van der Waals surface area contributed by atoms with E-state index in [9.17, 15) is 22.0 Å². The van der Waals surface area contributed by atoms with E-state index in [2.05, 4.69) is 0 Å². The number of benzene rings is 1. The van der Waals surface area contributed by atoms with Gasteiger partial charge in [0.2, 0.25) is 0 Å². The number of halogens is 5. The minimum Gasteiger partial charge on any atom is -0.373 e. The molecule has 1 nitrogen and oxygen atoms in total. The minimum absolute atomic E-state index is 0.292. The Morgan fingerprint density at radius 1 is 1.29 bits per heavy atom. The molecule has 1 aliphatic rings. The van der Waals surface area contributed by atoms with E-state index in [4.69, 9.17) is 4.74 Å². The number of hydrogen-bond donors (Lipinski definition) is 0. The van der Waals surface area contributed by atoms with Gasteiger partial charge in [0, 0.05) is 12.2 Å². The van der Waals surface area contributed by atoms with Crippen molar-refractivity contribution in [2.75, 3.05) is 6.61 Å². The molecule has 1 aromatic rings. The van der Waals surface area contributed by atoms with E-state index in [0.717, 1.165) is 18.6 Å². The van der Waals surface area contributed by atoms with Gasteiger partial charge in [0.05, 0.1) is 12.2 Å². The molecule has 0 amide bonds. The summed E-state index contributed by atoms with van der Waals surface area (Å²) in [6, 6.07) is 3.46. The van der Waals surface area contributed by atoms with Crippen molar-refractivity contribution in [3.63, 3.8) is 0 Å². The summed E-state index contributed by atoms with van der Waals surface area (Å²) in [7, 11) is 0. The quantitative estimate of drug-likeness (QED) is 0.684. The highest BCUT2D eigenvalue weighted by Crippen LogP contribution is 2.33. The third kappa shape index (κ3) is 4.27. The van der Waals surface area contributed by atoms with E-state index in [-0.39, 0.29) is 6.10 Å². The van der Waals surface area contributed by atoms with E-state index in [1.807, 2.05) is 6.92 Å². The van der Waals surface area contributed by atoms with Gasteiger partial charge in [0.25, 0.3) is 0 Å². The zero-order chi connectivity index (χ0) is 15.6. The highest BCUT2D eigenvalue weighted by molar-refractivity contribution is 5.60. The van der Waals surface area contributed by atoms with Crippen LogP contribution in [0.5, 0.6) is 0 Å². The van der Waals surface area contributed by atoms with Crippen molar-refractivity contribution < 1.29 is 26.7 Å². The van der Waals surface area contributed by atoms with E-state index < -0.39 is 29.5 Å². The van der Waals surface area contributed by atoms with Crippen LogP contribution in [0.2, 0.25) is 0 Å². The van der Waals surface area contributed by atoms with Gasteiger partial charge in [-0.15, -0.1) is 0 Å². The van der Waals surface area contributed by atoms with Crippen molar-refractivity contribution in [3.05, 3.63) is 41.2 Å². The number of ether oxygens (including phenoxy) is 1. The van der Waals surface area contributed by atoms with E-state index >= 15 is 0 Å². The normalized spacial score (nSPS) is 24.2. The first kappa shape index (κ1) is 15.9. The molecule has 1 saturated heterocycles. The van der Waals surface area contributed by atoms with Gasteiger partial charge < -0.3 is 4.74 Å². The monoisotopic (exact) mass is 306 g/mol. The summed E-state index contributed by atoms with van der Waals surface area (Å²) in [5.74, 6) is -2.23. The van der Waals surface area contributed by atoms with Crippen molar-refractivity contribution in [2.45, 2.75) is 32.0 Å². The molecule has 2 rings (SSSR count). The van der Waals surface area contributed by atoms with Crippen LogP contribution in [-0.2, 0) is 4.74 Å². The molecule has 1 heterocycles. The number of rotatable bonds is 2. The largest absolute Gasteiger partial charge is 0.412 e. The summed E-state index contributed by atoms with van der Waals surface area (Å²) in [5.41, 5.74) is -0.178. The maximum absolute atomic E-state index is 13.8. The molecule has 1 aromatic carbocycles. The molecule has 2 unspecified atom stereocenters. The van der Waals surface area contributed by atoms with Crippen LogP contribution in [0.4, 0.5) is 22.0 Å². The molecule has 0 radical (unpaired) electrons.